The van der Waals surface area contributed by atoms with Gasteiger partial charge in [0.1, 0.15) is 5.75 Å². The Morgan fingerprint density at radius 3 is 2.80 bits per heavy atom. The highest BCUT2D eigenvalue weighted by atomic mass is 16.5. The number of allylic oxidation sites excluding steroid dienone is 1. The lowest BCUT2D eigenvalue weighted by Crippen LogP contribution is -1.89. The standard InChI is InChI=1S/C13H13NO/c1-3-6-10-9-13(15-2)11-7-4-5-8-12(11)14-10/h3-9H,1-2H3/b6-3+. The summed E-state index contributed by atoms with van der Waals surface area (Å²) in [6.07, 6.45) is 3.94. The van der Waals surface area contributed by atoms with E-state index in [1.165, 1.54) is 0 Å². The van der Waals surface area contributed by atoms with E-state index in [9.17, 15) is 0 Å². The molecule has 0 aliphatic heterocycles. The van der Waals surface area contributed by atoms with E-state index in [2.05, 4.69) is 4.98 Å². The molecule has 0 saturated carbocycles. The first kappa shape index (κ1) is 9.71. The van der Waals surface area contributed by atoms with Gasteiger partial charge in [0.15, 0.2) is 0 Å². The van der Waals surface area contributed by atoms with Gasteiger partial charge >= 0.3 is 0 Å². The van der Waals surface area contributed by atoms with Crippen molar-refractivity contribution in [1.82, 2.24) is 4.98 Å². The van der Waals surface area contributed by atoms with E-state index >= 15 is 0 Å². The van der Waals surface area contributed by atoms with Crippen molar-refractivity contribution in [3.63, 3.8) is 0 Å². The Balaban J connectivity index is 2.71. The topological polar surface area (TPSA) is 22.1 Å². The zero-order chi connectivity index (χ0) is 10.7. The number of hydrogen-bond acceptors (Lipinski definition) is 2. The quantitative estimate of drug-likeness (QED) is 0.740. The van der Waals surface area contributed by atoms with Crippen LogP contribution in [0.3, 0.4) is 0 Å². The maximum atomic E-state index is 5.34. The molecule has 0 aliphatic rings. The molecule has 1 aromatic carbocycles. The van der Waals surface area contributed by atoms with Crippen LogP contribution in [0.15, 0.2) is 36.4 Å². The fraction of sp³-hybridized carbons (Fsp3) is 0.154. The molecule has 76 valence electrons. The van der Waals surface area contributed by atoms with Crippen molar-refractivity contribution in [2.75, 3.05) is 7.11 Å². The monoisotopic (exact) mass is 199 g/mol. The van der Waals surface area contributed by atoms with Crippen LogP contribution in [0.4, 0.5) is 0 Å². The number of pyridine rings is 1. The van der Waals surface area contributed by atoms with E-state index in [0.717, 1.165) is 22.3 Å². The van der Waals surface area contributed by atoms with Gasteiger partial charge in [-0.3, -0.25) is 0 Å². The van der Waals surface area contributed by atoms with Crippen LogP contribution in [0.1, 0.15) is 12.6 Å². The Labute approximate surface area is 89.2 Å². The fourth-order valence-electron chi connectivity index (χ4n) is 1.59. The Hall–Kier alpha value is -1.83. The number of ether oxygens (including phenoxy) is 1. The Bertz CT molecular complexity index is 503. The third-order valence-electron chi connectivity index (χ3n) is 2.26. The Kier molecular flexibility index (Phi) is 2.68. The number of fused-ring (bicyclic) bond motifs is 1. The summed E-state index contributed by atoms with van der Waals surface area (Å²) in [5.74, 6) is 0.869. The third-order valence-corrected chi connectivity index (χ3v) is 2.26. The van der Waals surface area contributed by atoms with E-state index in [-0.39, 0.29) is 0 Å². The van der Waals surface area contributed by atoms with E-state index in [1.54, 1.807) is 7.11 Å². The van der Waals surface area contributed by atoms with E-state index in [1.807, 2.05) is 49.4 Å². The normalized spacial score (nSPS) is 11.1. The molecule has 0 unspecified atom stereocenters. The number of methoxy groups -OCH3 is 1. The number of rotatable bonds is 2. The number of para-hydroxylation sites is 1. The summed E-state index contributed by atoms with van der Waals surface area (Å²) in [6.45, 7) is 1.98. The van der Waals surface area contributed by atoms with Crippen molar-refractivity contribution in [1.29, 1.82) is 0 Å². The van der Waals surface area contributed by atoms with Gasteiger partial charge in [0.25, 0.3) is 0 Å². The van der Waals surface area contributed by atoms with Gasteiger partial charge in [0.05, 0.1) is 18.3 Å². The molecule has 2 aromatic rings. The van der Waals surface area contributed by atoms with Gasteiger partial charge in [-0.05, 0) is 25.1 Å². The average Bonchev–Trinajstić information content (AvgIpc) is 2.28. The second-order valence-corrected chi connectivity index (χ2v) is 3.27. The number of benzene rings is 1. The second kappa shape index (κ2) is 4.13. The largest absolute Gasteiger partial charge is 0.496 e. The first-order chi connectivity index (χ1) is 7.35. The van der Waals surface area contributed by atoms with Gasteiger partial charge in [-0.15, -0.1) is 0 Å². The highest BCUT2D eigenvalue weighted by molar-refractivity contribution is 5.86. The molecule has 0 spiro atoms. The molecule has 0 radical (unpaired) electrons. The fourth-order valence-corrected chi connectivity index (χ4v) is 1.59. The Morgan fingerprint density at radius 1 is 1.27 bits per heavy atom. The zero-order valence-electron chi connectivity index (χ0n) is 8.90. The van der Waals surface area contributed by atoms with Crippen LogP contribution in [0.5, 0.6) is 5.75 Å². The molecule has 0 aliphatic carbocycles. The molecule has 0 bridgehead atoms. The Morgan fingerprint density at radius 2 is 2.07 bits per heavy atom. The van der Waals surface area contributed by atoms with Crippen molar-refractivity contribution in [2.45, 2.75) is 6.92 Å². The van der Waals surface area contributed by atoms with Crippen LogP contribution in [-0.2, 0) is 0 Å². The van der Waals surface area contributed by atoms with E-state index in [0.29, 0.717) is 0 Å². The molecular formula is C13H13NO. The van der Waals surface area contributed by atoms with Crippen molar-refractivity contribution in [3.8, 4) is 5.75 Å². The lowest BCUT2D eigenvalue weighted by Gasteiger charge is -2.05. The third kappa shape index (κ3) is 1.84. The lowest BCUT2D eigenvalue weighted by atomic mass is 10.2. The van der Waals surface area contributed by atoms with Crippen LogP contribution in [-0.4, -0.2) is 12.1 Å². The summed E-state index contributed by atoms with van der Waals surface area (Å²) >= 11 is 0. The summed E-state index contributed by atoms with van der Waals surface area (Å²) in [5.41, 5.74) is 1.89. The molecule has 1 aromatic heterocycles. The van der Waals surface area contributed by atoms with Crippen LogP contribution in [0, 0.1) is 0 Å². The van der Waals surface area contributed by atoms with Gasteiger partial charge in [0.2, 0.25) is 0 Å². The molecule has 1 heterocycles. The molecule has 15 heavy (non-hydrogen) atoms. The van der Waals surface area contributed by atoms with Crippen molar-refractivity contribution < 1.29 is 4.74 Å². The van der Waals surface area contributed by atoms with Crippen LogP contribution >= 0.6 is 0 Å². The van der Waals surface area contributed by atoms with Crippen LogP contribution < -0.4 is 4.74 Å². The highest BCUT2D eigenvalue weighted by Crippen LogP contribution is 2.25. The predicted molar refractivity (Wildman–Crippen MR) is 63.0 cm³/mol. The number of aromatic nitrogens is 1. The van der Waals surface area contributed by atoms with Gasteiger partial charge in [-0.25, -0.2) is 4.98 Å². The average molecular weight is 199 g/mol. The summed E-state index contributed by atoms with van der Waals surface area (Å²) in [7, 11) is 1.68. The van der Waals surface area contributed by atoms with E-state index in [4.69, 9.17) is 4.74 Å². The van der Waals surface area contributed by atoms with Crippen LogP contribution in [0.2, 0.25) is 0 Å². The summed E-state index contributed by atoms with van der Waals surface area (Å²) in [5, 5.41) is 1.05. The summed E-state index contributed by atoms with van der Waals surface area (Å²) in [6, 6.07) is 9.92. The minimum Gasteiger partial charge on any atom is -0.496 e. The van der Waals surface area contributed by atoms with Gasteiger partial charge in [0, 0.05) is 11.5 Å². The molecule has 2 rings (SSSR count). The molecule has 0 amide bonds. The van der Waals surface area contributed by atoms with Crippen molar-refractivity contribution >= 4 is 17.0 Å². The molecule has 0 fully saturated rings. The first-order valence-electron chi connectivity index (χ1n) is 4.91. The molecule has 2 heteroatoms. The minimum atomic E-state index is 0.869. The summed E-state index contributed by atoms with van der Waals surface area (Å²) < 4.78 is 5.34. The van der Waals surface area contributed by atoms with Gasteiger partial charge < -0.3 is 4.74 Å². The molecule has 0 N–H and O–H groups in total. The highest BCUT2D eigenvalue weighted by Gasteiger charge is 2.03. The lowest BCUT2D eigenvalue weighted by molar-refractivity contribution is 0.419. The van der Waals surface area contributed by atoms with Crippen LogP contribution in [0.25, 0.3) is 17.0 Å². The van der Waals surface area contributed by atoms with Gasteiger partial charge in [-0.2, -0.15) is 0 Å². The zero-order valence-corrected chi connectivity index (χ0v) is 8.90. The van der Waals surface area contributed by atoms with Crippen molar-refractivity contribution in [2.24, 2.45) is 0 Å². The summed E-state index contributed by atoms with van der Waals surface area (Å²) in [4.78, 5) is 4.51. The SMILES string of the molecule is C/C=C/c1cc(OC)c2ccccc2n1. The maximum absolute atomic E-state index is 5.34. The molecule has 0 saturated heterocycles. The number of hydrogen-bond donors (Lipinski definition) is 0. The van der Waals surface area contributed by atoms with E-state index < -0.39 is 0 Å². The maximum Gasteiger partial charge on any atom is 0.130 e. The second-order valence-electron chi connectivity index (χ2n) is 3.27. The van der Waals surface area contributed by atoms with Crippen molar-refractivity contribution in [3.05, 3.63) is 42.1 Å². The molecule has 0 atom stereocenters. The minimum absolute atomic E-state index is 0.869. The smallest absolute Gasteiger partial charge is 0.130 e. The van der Waals surface area contributed by atoms with Gasteiger partial charge in [-0.1, -0.05) is 18.2 Å². The molecular weight excluding hydrogens is 186 g/mol. The predicted octanol–water partition coefficient (Wildman–Crippen LogP) is 3.28. The molecule has 2 nitrogen and oxygen atoms in total. The first-order valence-corrected chi connectivity index (χ1v) is 4.91. The number of nitrogens with zero attached hydrogens (tertiary/aromatic N) is 1.